The largest absolute Gasteiger partial charge is 0.355 e. The smallest absolute Gasteiger partial charge is 0.147 e. The summed E-state index contributed by atoms with van der Waals surface area (Å²) in [5.74, 6) is 0.882. The van der Waals surface area contributed by atoms with Gasteiger partial charge in [0, 0.05) is 23.8 Å². The van der Waals surface area contributed by atoms with Crippen LogP contribution in [0.1, 0.15) is 12.8 Å². The van der Waals surface area contributed by atoms with E-state index < -0.39 is 0 Å². The van der Waals surface area contributed by atoms with Crippen molar-refractivity contribution in [3.05, 3.63) is 21.8 Å². The van der Waals surface area contributed by atoms with E-state index in [0.29, 0.717) is 11.1 Å². The molecule has 1 aromatic heterocycles. The first-order chi connectivity index (χ1) is 6.18. The standard InChI is InChI=1S/C9H10BrClN2/c1-13(7-2-3-7)9-8(11)4-6(10)5-12-9/h4-5,7H,2-3H2,1H3. The van der Waals surface area contributed by atoms with Crippen molar-refractivity contribution < 1.29 is 0 Å². The fourth-order valence-corrected chi connectivity index (χ4v) is 2.06. The first-order valence-electron chi connectivity index (χ1n) is 4.22. The molecule has 4 heteroatoms. The molecule has 2 rings (SSSR count). The Hall–Kier alpha value is -0.280. The zero-order valence-electron chi connectivity index (χ0n) is 7.30. The summed E-state index contributed by atoms with van der Waals surface area (Å²) in [6, 6.07) is 2.52. The highest BCUT2D eigenvalue weighted by Gasteiger charge is 2.28. The summed E-state index contributed by atoms with van der Waals surface area (Å²) in [5.41, 5.74) is 0. The van der Waals surface area contributed by atoms with E-state index in [2.05, 4.69) is 25.8 Å². The average Bonchev–Trinajstić information content (AvgIpc) is 2.85. The molecule has 0 N–H and O–H groups in total. The molecule has 2 nitrogen and oxygen atoms in total. The molecule has 0 radical (unpaired) electrons. The Labute approximate surface area is 91.0 Å². The molecular weight excluding hydrogens is 251 g/mol. The monoisotopic (exact) mass is 260 g/mol. The van der Waals surface area contributed by atoms with Gasteiger partial charge in [-0.1, -0.05) is 11.6 Å². The molecule has 0 unspecified atom stereocenters. The third kappa shape index (κ3) is 1.97. The summed E-state index contributed by atoms with van der Waals surface area (Å²) < 4.78 is 0.922. The summed E-state index contributed by atoms with van der Waals surface area (Å²) in [5, 5.41) is 0.712. The number of halogens is 2. The van der Waals surface area contributed by atoms with Gasteiger partial charge in [-0.2, -0.15) is 0 Å². The van der Waals surface area contributed by atoms with Gasteiger partial charge in [0.05, 0.1) is 5.02 Å². The first-order valence-corrected chi connectivity index (χ1v) is 5.39. The minimum Gasteiger partial charge on any atom is -0.355 e. The van der Waals surface area contributed by atoms with E-state index in [1.54, 1.807) is 6.20 Å². The second kappa shape index (κ2) is 3.46. The van der Waals surface area contributed by atoms with Crippen LogP contribution in [0.4, 0.5) is 5.82 Å². The van der Waals surface area contributed by atoms with Gasteiger partial charge in [0.25, 0.3) is 0 Å². The Kier molecular flexibility index (Phi) is 2.47. The molecule has 0 spiro atoms. The molecule has 1 aliphatic rings. The van der Waals surface area contributed by atoms with E-state index in [4.69, 9.17) is 11.6 Å². The molecule has 0 saturated heterocycles. The third-order valence-electron chi connectivity index (χ3n) is 2.22. The number of hydrogen-bond donors (Lipinski definition) is 0. The van der Waals surface area contributed by atoms with Crippen LogP contribution in [0.3, 0.4) is 0 Å². The van der Waals surface area contributed by atoms with Crippen LogP contribution in [-0.2, 0) is 0 Å². The quantitative estimate of drug-likeness (QED) is 0.813. The van der Waals surface area contributed by atoms with E-state index in [1.807, 2.05) is 13.1 Å². The molecule has 13 heavy (non-hydrogen) atoms. The van der Waals surface area contributed by atoms with Gasteiger partial charge in [-0.15, -0.1) is 0 Å². The number of rotatable bonds is 2. The Morgan fingerprint density at radius 3 is 2.85 bits per heavy atom. The maximum Gasteiger partial charge on any atom is 0.147 e. The number of anilines is 1. The molecule has 1 saturated carbocycles. The number of nitrogens with zero attached hydrogens (tertiary/aromatic N) is 2. The Balaban J connectivity index is 2.28. The second-order valence-electron chi connectivity index (χ2n) is 3.30. The van der Waals surface area contributed by atoms with Gasteiger partial charge < -0.3 is 4.90 Å². The van der Waals surface area contributed by atoms with Gasteiger partial charge in [0.2, 0.25) is 0 Å². The normalized spacial score (nSPS) is 15.9. The van der Waals surface area contributed by atoms with Crippen molar-refractivity contribution in [3.63, 3.8) is 0 Å². The summed E-state index contributed by atoms with van der Waals surface area (Å²) in [4.78, 5) is 6.43. The zero-order chi connectivity index (χ0) is 9.42. The van der Waals surface area contributed by atoms with Crippen molar-refractivity contribution in [2.75, 3.05) is 11.9 Å². The molecule has 0 atom stereocenters. The number of aromatic nitrogens is 1. The van der Waals surface area contributed by atoms with E-state index in [1.165, 1.54) is 12.8 Å². The lowest BCUT2D eigenvalue weighted by atomic mass is 10.4. The highest BCUT2D eigenvalue weighted by Crippen LogP contribution is 2.33. The molecule has 1 fully saturated rings. The maximum absolute atomic E-state index is 6.06. The number of pyridine rings is 1. The van der Waals surface area contributed by atoms with E-state index in [0.717, 1.165) is 10.3 Å². The molecule has 0 aromatic carbocycles. The third-order valence-corrected chi connectivity index (χ3v) is 2.93. The SMILES string of the molecule is CN(c1ncc(Br)cc1Cl)C1CC1. The van der Waals surface area contributed by atoms with Gasteiger partial charge in [-0.25, -0.2) is 4.98 Å². The fraction of sp³-hybridized carbons (Fsp3) is 0.444. The van der Waals surface area contributed by atoms with Gasteiger partial charge >= 0.3 is 0 Å². The first kappa shape index (κ1) is 9.28. The van der Waals surface area contributed by atoms with Crippen molar-refractivity contribution >= 4 is 33.3 Å². The molecule has 0 bridgehead atoms. The topological polar surface area (TPSA) is 16.1 Å². The minimum absolute atomic E-state index is 0.645. The summed E-state index contributed by atoms with van der Waals surface area (Å²) in [6.45, 7) is 0. The summed E-state index contributed by atoms with van der Waals surface area (Å²) in [7, 11) is 2.04. The van der Waals surface area contributed by atoms with E-state index >= 15 is 0 Å². The Morgan fingerprint density at radius 1 is 1.62 bits per heavy atom. The van der Waals surface area contributed by atoms with Crippen LogP contribution in [0, 0.1) is 0 Å². The van der Waals surface area contributed by atoms with E-state index in [9.17, 15) is 0 Å². The van der Waals surface area contributed by atoms with Crippen molar-refractivity contribution in [1.29, 1.82) is 0 Å². The van der Waals surface area contributed by atoms with Gasteiger partial charge in [-0.3, -0.25) is 0 Å². The lowest BCUT2D eigenvalue weighted by molar-refractivity contribution is 0.892. The van der Waals surface area contributed by atoms with Gasteiger partial charge in [0.15, 0.2) is 0 Å². The van der Waals surface area contributed by atoms with Gasteiger partial charge in [0.1, 0.15) is 5.82 Å². The lowest BCUT2D eigenvalue weighted by Crippen LogP contribution is -2.20. The summed E-state index contributed by atoms with van der Waals surface area (Å²) >= 11 is 9.39. The zero-order valence-corrected chi connectivity index (χ0v) is 9.64. The molecule has 1 aromatic rings. The predicted octanol–water partition coefficient (Wildman–Crippen LogP) is 3.10. The molecular formula is C9H10BrClN2. The second-order valence-corrected chi connectivity index (χ2v) is 4.62. The molecule has 70 valence electrons. The van der Waals surface area contributed by atoms with E-state index in [-0.39, 0.29) is 0 Å². The Bertz CT molecular complexity index is 325. The Morgan fingerprint density at radius 2 is 2.31 bits per heavy atom. The fourth-order valence-electron chi connectivity index (χ4n) is 1.30. The highest BCUT2D eigenvalue weighted by atomic mass is 79.9. The molecule has 1 aliphatic carbocycles. The van der Waals surface area contributed by atoms with Crippen molar-refractivity contribution in [2.24, 2.45) is 0 Å². The molecule has 1 heterocycles. The van der Waals surface area contributed by atoms with Gasteiger partial charge in [-0.05, 0) is 34.8 Å². The maximum atomic E-state index is 6.06. The van der Waals surface area contributed by atoms with Crippen LogP contribution in [0.15, 0.2) is 16.7 Å². The van der Waals surface area contributed by atoms with Crippen molar-refractivity contribution in [2.45, 2.75) is 18.9 Å². The van der Waals surface area contributed by atoms with Crippen LogP contribution in [0.2, 0.25) is 5.02 Å². The summed E-state index contributed by atoms with van der Waals surface area (Å²) in [6.07, 6.45) is 4.29. The molecule has 0 aliphatic heterocycles. The average molecular weight is 262 g/mol. The molecule has 0 amide bonds. The van der Waals surface area contributed by atoms with Crippen LogP contribution in [0.5, 0.6) is 0 Å². The minimum atomic E-state index is 0.645. The van der Waals surface area contributed by atoms with Crippen molar-refractivity contribution in [3.8, 4) is 0 Å². The van der Waals surface area contributed by atoms with Crippen LogP contribution >= 0.6 is 27.5 Å². The van der Waals surface area contributed by atoms with Crippen LogP contribution in [0.25, 0.3) is 0 Å². The van der Waals surface area contributed by atoms with Crippen molar-refractivity contribution in [1.82, 2.24) is 4.98 Å². The predicted molar refractivity (Wildman–Crippen MR) is 58.4 cm³/mol. The number of hydrogen-bond acceptors (Lipinski definition) is 2. The van der Waals surface area contributed by atoms with Crippen LogP contribution in [-0.4, -0.2) is 18.1 Å². The van der Waals surface area contributed by atoms with Crippen LogP contribution < -0.4 is 4.90 Å². The highest BCUT2D eigenvalue weighted by molar-refractivity contribution is 9.10. The lowest BCUT2D eigenvalue weighted by Gasteiger charge is -2.18.